The van der Waals surface area contributed by atoms with Gasteiger partial charge in [0.15, 0.2) is 0 Å². The molecule has 0 bridgehead atoms. The van der Waals surface area contributed by atoms with Crippen molar-refractivity contribution in [1.82, 2.24) is 0 Å². The summed E-state index contributed by atoms with van der Waals surface area (Å²) in [4.78, 5) is 1.02. The summed E-state index contributed by atoms with van der Waals surface area (Å²) in [6.07, 6.45) is 0. The van der Waals surface area contributed by atoms with Gasteiger partial charge in [-0.1, -0.05) is 12.1 Å². The van der Waals surface area contributed by atoms with Crippen LogP contribution in [-0.2, 0) is 6.61 Å². The molecule has 0 spiro atoms. The molecule has 1 N–H and O–H groups in total. The van der Waals surface area contributed by atoms with Crippen LogP contribution in [0.5, 0.6) is 0 Å². The fraction of sp³-hybridized carbons (Fsp3) is 0.200. The standard InChI is InChI=1S/C10H9BrOS/c1-6-2-3-7-4-8(5-12)13-10(7)9(6)11/h2-4,12H,5H2,1H3. The SMILES string of the molecule is Cc1ccc2cc(CO)sc2c1Br. The Hall–Kier alpha value is -0.380. The molecule has 0 saturated heterocycles. The van der Waals surface area contributed by atoms with E-state index >= 15 is 0 Å². The molecular weight excluding hydrogens is 248 g/mol. The maximum absolute atomic E-state index is 8.99. The quantitative estimate of drug-likeness (QED) is 0.829. The summed E-state index contributed by atoms with van der Waals surface area (Å²) in [7, 11) is 0. The Morgan fingerprint density at radius 3 is 2.92 bits per heavy atom. The topological polar surface area (TPSA) is 20.2 Å². The average molecular weight is 257 g/mol. The number of benzene rings is 1. The van der Waals surface area contributed by atoms with E-state index in [1.54, 1.807) is 11.3 Å². The zero-order valence-electron chi connectivity index (χ0n) is 7.17. The molecule has 0 unspecified atom stereocenters. The summed E-state index contributed by atoms with van der Waals surface area (Å²) in [6.45, 7) is 2.20. The maximum atomic E-state index is 8.99. The highest BCUT2D eigenvalue weighted by atomic mass is 79.9. The van der Waals surface area contributed by atoms with Gasteiger partial charge in [0, 0.05) is 14.0 Å². The highest BCUT2D eigenvalue weighted by Crippen LogP contribution is 2.34. The summed E-state index contributed by atoms with van der Waals surface area (Å²) in [6, 6.07) is 6.20. The van der Waals surface area contributed by atoms with Gasteiger partial charge in [-0.15, -0.1) is 11.3 Å². The van der Waals surface area contributed by atoms with Gasteiger partial charge in [0.25, 0.3) is 0 Å². The van der Waals surface area contributed by atoms with Gasteiger partial charge in [0.2, 0.25) is 0 Å². The monoisotopic (exact) mass is 256 g/mol. The normalized spacial score (nSPS) is 11.0. The van der Waals surface area contributed by atoms with E-state index in [4.69, 9.17) is 5.11 Å². The Kier molecular flexibility index (Phi) is 2.41. The van der Waals surface area contributed by atoms with E-state index < -0.39 is 0 Å². The van der Waals surface area contributed by atoms with E-state index in [-0.39, 0.29) is 6.61 Å². The van der Waals surface area contributed by atoms with E-state index in [2.05, 4.69) is 35.0 Å². The molecule has 2 rings (SSSR count). The van der Waals surface area contributed by atoms with Crippen molar-refractivity contribution in [2.75, 3.05) is 0 Å². The van der Waals surface area contributed by atoms with Gasteiger partial charge >= 0.3 is 0 Å². The smallest absolute Gasteiger partial charge is 0.0774 e. The van der Waals surface area contributed by atoms with Crippen molar-refractivity contribution < 1.29 is 5.11 Å². The Morgan fingerprint density at radius 1 is 1.46 bits per heavy atom. The predicted octanol–water partition coefficient (Wildman–Crippen LogP) is 3.46. The van der Waals surface area contributed by atoms with Crippen LogP contribution in [0, 0.1) is 6.92 Å². The molecule has 13 heavy (non-hydrogen) atoms. The third-order valence-electron chi connectivity index (χ3n) is 2.03. The summed E-state index contributed by atoms with van der Waals surface area (Å²) in [5.41, 5.74) is 1.24. The minimum atomic E-state index is 0.130. The average Bonchev–Trinajstić information content (AvgIpc) is 2.55. The molecular formula is C10H9BrOS. The van der Waals surface area contributed by atoms with Crippen molar-refractivity contribution in [3.8, 4) is 0 Å². The summed E-state index contributed by atoms with van der Waals surface area (Å²) >= 11 is 5.19. The van der Waals surface area contributed by atoms with E-state index in [1.807, 2.05) is 6.07 Å². The van der Waals surface area contributed by atoms with Gasteiger partial charge < -0.3 is 5.11 Å². The van der Waals surface area contributed by atoms with Gasteiger partial charge in [-0.2, -0.15) is 0 Å². The number of aryl methyl sites for hydroxylation is 1. The third-order valence-corrected chi connectivity index (χ3v) is 4.46. The lowest BCUT2D eigenvalue weighted by Gasteiger charge is -1.97. The number of fused-ring (bicyclic) bond motifs is 1. The number of halogens is 1. The molecule has 2 aromatic rings. The van der Waals surface area contributed by atoms with Crippen molar-refractivity contribution in [2.24, 2.45) is 0 Å². The van der Waals surface area contributed by atoms with Crippen molar-refractivity contribution in [2.45, 2.75) is 13.5 Å². The van der Waals surface area contributed by atoms with E-state index in [9.17, 15) is 0 Å². The van der Waals surface area contributed by atoms with Crippen LogP contribution in [0.15, 0.2) is 22.7 Å². The first-order valence-corrected chi connectivity index (χ1v) is 5.61. The van der Waals surface area contributed by atoms with E-state index in [0.29, 0.717) is 0 Å². The molecule has 0 aliphatic rings. The van der Waals surface area contributed by atoms with E-state index in [0.717, 1.165) is 9.35 Å². The van der Waals surface area contributed by atoms with Crippen LogP contribution in [-0.4, -0.2) is 5.11 Å². The molecule has 1 heterocycles. The summed E-state index contributed by atoms with van der Waals surface area (Å²) in [5, 5.41) is 10.2. The molecule has 1 aromatic carbocycles. The first kappa shape index (κ1) is 9.19. The number of thiophene rings is 1. The van der Waals surface area contributed by atoms with Crippen LogP contribution < -0.4 is 0 Å². The summed E-state index contributed by atoms with van der Waals surface area (Å²) in [5.74, 6) is 0. The van der Waals surface area contributed by atoms with Gasteiger partial charge in [-0.3, -0.25) is 0 Å². The first-order valence-electron chi connectivity index (χ1n) is 4.01. The minimum absolute atomic E-state index is 0.130. The third kappa shape index (κ3) is 1.52. The maximum Gasteiger partial charge on any atom is 0.0774 e. The highest BCUT2D eigenvalue weighted by molar-refractivity contribution is 9.10. The molecule has 68 valence electrons. The molecule has 3 heteroatoms. The summed E-state index contributed by atoms with van der Waals surface area (Å²) < 4.78 is 2.37. The zero-order valence-corrected chi connectivity index (χ0v) is 9.58. The molecule has 0 radical (unpaired) electrons. The zero-order chi connectivity index (χ0) is 9.42. The Labute approximate surface area is 89.1 Å². The van der Waals surface area contributed by atoms with Crippen LogP contribution >= 0.6 is 27.3 Å². The van der Waals surface area contributed by atoms with Crippen LogP contribution in [0.4, 0.5) is 0 Å². The molecule has 0 fully saturated rings. The fourth-order valence-corrected chi connectivity index (χ4v) is 2.91. The van der Waals surface area contributed by atoms with Crippen LogP contribution in [0.25, 0.3) is 10.1 Å². The van der Waals surface area contributed by atoms with Crippen LogP contribution in [0.1, 0.15) is 10.4 Å². The molecule has 0 aliphatic carbocycles. The van der Waals surface area contributed by atoms with Crippen LogP contribution in [0.2, 0.25) is 0 Å². The number of hydrogen-bond donors (Lipinski definition) is 1. The van der Waals surface area contributed by atoms with Crippen molar-refractivity contribution >= 4 is 37.4 Å². The molecule has 0 aliphatic heterocycles. The minimum Gasteiger partial charge on any atom is -0.391 e. The van der Waals surface area contributed by atoms with Gasteiger partial charge in [-0.25, -0.2) is 0 Å². The molecule has 1 aromatic heterocycles. The largest absolute Gasteiger partial charge is 0.391 e. The Bertz CT molecular complexity index is 447. The molecule has 0 saturated carbocycles. The second-order valence-electron chi connectivity index (χ2n) is 2.99. The van der Waals surface area contributed by atoms with E-state index in [1.165, 1.54) is 15.6 Å². The number of aliphatic hydroxyl groups excluding tert-OH is 1. The van der Waals surface area contributed by atoms with Gasteiger partial charge in [0.05, 0.1) is 6.61 Å². The predicted molar refractivity (Wildman–Crippen MR) is 60.2 cm³/mol. The van der Waals surface area contributed by atoms with Crippen molar-refractivity contribution in [3.05, 3.63) is 33.1 Å². The Morgan fingerprint density at radius 2 is 2.23 bits per heavy atom. The number of aliphatic hydroxyl groups is 1. The first-order chi connectivity index (χ1) is 6.22. The van der Waals surface area contributed by atoms with Crippen LogP contribution in [0.3, 0.4) is 0 Å². The number of hydrogen-bond acceptors (Lipinski definition) is 2. The second-order valence-corrected chi connectivity index (χ2v) is 4.92. The lowest BCUT2D eigenvalue weighted by Crippen LogP contribution is -1.73. The highest BCUT2D eigenvalue weighted by Gasteiger charge is 2.05. The molecule has 0 atom stereocenters. The molecule has 0 amide bonds. The van der Waals surface area contributed by atoms with Crippen molar-refractivity contribution in [1.29, 1.82) is 0 Å². The second kappa shape index (κ2) is 3.40. The lowest BCUT2D eigenvalue weighted by atomic mass is 10.2. The van der Waals surface area contributed by atoms with Crippen molar-refractivity contribution in [3.63, 3.8) is 0 Å². The number of rotatable bonds is 1. The fourth-order valence-electron chi connectivity index (χ4n) is 1.30. The molecule has 1 nitrogen and oxygen atoms in total. The lowest BCUT2D eigenvalue weighted by molar-refractivity contribution is 0.285. The Balaban J connectivity index is 2.76. The van der Waals surface area contributed by atoms with Gasteiger partial charge in [-0.05, 0) is 39.9 Å². The van der Waals surface area contributed by atoms with Gasteiger partial charge in [0.1, 0.15) is 0 Å².